The molecule has 2 aliphatic heterocycles. The van der Waals surface area contributed by atoms with Crippen LogP contribution in [0.4, 0.5) is 5.69 Å². The highest BCUT2D eigenvalue weighted by Crippen LogP contribution is 2.61. The number of benzene rings is 2. The molecule has 182 valence electrons. The van der Waals surface area contributed by atoms with E-state index in [0.717, 1.165) is 45.3 Å². The fourth-order valence-corrected chi connectivity index (χ4v) is 8.81. The minimum Gasteiger partial charge on any atom is -0.378 e. The number of aliphatic hydroxyl groups is 1. The molecule has 0 aromatic heterocycles. The fourth-order valence-electron chi connectivity index (χ4n) is 4.42. The Morgan fingerprint density at radius 1 is 1.00 bits per heavy atom. The summed E-state index contributed by atoms with van der Waals surface area (Å²) in [6.07, 6.45) is 3.16. The maximum absolute atomic E-state index is 12.6. The summed E-state index contributed by atoms with van der Waals surface area (Å²) in [5.41, 5.74) is 1.26. The van der Waals surface area contributed by atoms with E-state index in [1.54, 1.807) is 11.8 Å². The van der Waals surface area contributed by atoms with Gasteiger partial charge in [-0.3, -0.25) is 9.59 Å². The minimum absolute atomic E-state index is 0.0140. The Labute approximate surface area is 214 Å². The molecule has 0 radical (unpaired) electrons. The molecule has 1 fully saturated rings. The summed E-state index contributed by atoms with van der Waals surface area (Å²) in [5, 5.41) is 18.3. The molecular formula is C26H32N2O3S3. The zero-order valence-electron chi connectivity index (χ0n) is 19.7. The number of amides is 2. The van der Waals surface area contributed by atoms with Crippen molar-refractivity contribution < 1.29 is 14.7 Å². The molecule has 1 unspecified atom stereocenters. The van der Waals surface area contributed by atoms with Gasteiger partial charge in [-0.25, -0.2) is 0 Å². The zero-order chi connectivity index (χ0) is 24.2. The summed E-state index contributed by atoms with van der Waals surface area (Å²) >= 11 is 5.29. The summed E-state index contributed by atoms with van der Waals surface area (Å²) in [7, 11) is 0. The average Bonchev–Trinajstić information content (AvgIpc) is 2.83. The van der Waals surface area contributed by atoms with E-state index in [0.29, 0.717) is 25.1 Å². The molecule has 2 aromatic carbocycles. The highest BCUT2D eigenvalue weighted by molar-refractivity contribution is 8.18. The summed E-state index contributed by atoms with van der Waals surface area (Å²) in [6.45, 7) is 4.82. The Morgan fingerprint density at radius 2 is 1.71 bits per heavy atom. The predicted octanol–water partition coefficient (Wildman–Crippen LogP) is 5.61. The number of fused-ring (bicyclic) bond motifs is 2. The molecule has 8 heteroatoms. The second-order valence-electron chi connectivity index (χ2n) is 8.77. The van der Waals surface area contributed by atoms with E-state index in [4.69, 9.17) is 0 Å². The van der Waals surface area contributed by atoms with Crippen LogP contribution in [0.25, 0.3) is 0 Å². The van der Waals surface area contributed by atoms with Gasteiger partial charge in [0.1, 0.15) is 5.60 Å². The normalized spacial score (nSPS) is 20.7. The van der Waals surface area contributed by atoms with Gasteiger partial charge in [0.25, 0.3) is 0 Å². The van der Waals surface area contributed by atoms with Gasteiger partial charge >= 0.3 is 0 Å². The molecule has 0 aliphatic carbocycles. The van der Waals surface area contributed by atoms with Gasteiger partial charge in [0.05, 0.1) is 4.08 Å². The van der Waals surface area contributed by atoms with E-state index in [2.05, 4.69) is 23.6 Å². The van der Waals surface area contributed by atoms with Gasteiger partial charge in [-0.15, -0.1) is 23.5 Å². The molecule has 0 saturated carbocycles. The number of nitrogens with one attached hydrogen (secondary N) is 2. The summed E-state index contributed by atoms with van der Waals surface area (Å²) in [4.78, 5) is 26.4. The molecular weight excluding hydrogens is 484 g/mol. The van der Waals surface area contributed by atoms with E-state index < -0.39 is 9.68 Å². The Bertz CT molecular complexity index is 1060. The van der Waals surface area contributed by atoms with Crippen LogP contribution in [0.2, 0.25) is 0 Å². The lowest BCUT2D eigenvalue weighted by Gasteiger charge is -2.49. The molecule has 1 atom stereocenters. The number of rotatable bonds is 8. The highest BCUT2D eigenvalue weighted by Gasteiger charge is 2.54. The summed E-state index contributed by atoms with van der Waals surface area (Å²) in [5.74, 6) is 1.89. The molecule has 2 aliphatic rings. The van der Waals surface area contributed by atoms with Crippen molar-refractivity contribution in [3.8, 4) is 0 Å². The van der Waals surface area contributed by atoms with Crippen LogP contribution in [-0.2, 0) is 15.2 Å². The molecule has 2 heterocycles. The number of carbonyl (C=O) groups is 2. The van der Waals surface area contributed by atoms with Gasteiger partial charge in [0, 0.05) is 46.0 Å². The predicted molar refractivity (Wildman–Crippen MR) is 144 cm³/mol. The zero-order valence-corrected chi connectivity index (χ0v) is 22.1. The van der Waals surface area contributed by atoms with Crippen molar-refractivity contribution in [2.45, 2.75) is 65.4 Å². The number of anilines is 1. The van der Waals surface area contributed by atoms with Crippen molar-refractivity contribution in [2.75, 3.05) is 23.4 Å². The van der Waals surface area contributed by atoms with E-state index in [1.807, 2.05) is 66.8 Å². The Hall–Kier alpha value is -1.61. The van der Waals surface area contributed by atoms with Gasteiger partial charge in [-0.05, 0) is 62.0 Å². The molecule has 0 spiro atoms. The Kier molecular flexibility index (Phi) is 8.23. The van der Waals surface area contributed by atoms with Crippen LogP contribution in [0.15, 0.2) is 52.3 Å². The molecule has 2 amide bonds. The quantitative estimate of drug-likeness (QED) is 0.423. The lowest BCUT2D eigenvalue weighted by atomic mass is 9.82. The van der Waals surface area contributed by atoms with Crippen LogP contribution in [0, 0.1) is 0 Å². The second-order valence-corrected chi connectivity index (χ2v) is 13.1. The smallest absolute Gasteiger partial charge is 0.224 e. The first-order valence-electron chi connectivity index (χ1n) is 11.9. The third kappa shape index (κ3) is 5.15. The standard InChI is InChI=1S/C26H32N2O3S3/c1-3-14-27-23(29)10-6-11-24(30)28-18-12-13-22-20(17-18)26(31,25(2)32-15-7-16-33-25)19-8-4-5-9-21(19)34-22/h4-5,8-9,12-13,17,31H,3,6-7,10-11,14-16H2,1-2H3,(H,27,29)(H,28,30). The first-order chi connectivity index (χ1) is 16.4. The van der Waals surface area contributed by atoms with Crippen molar-refractivity contribution in [1.82, 2.24) is 5.32 Å². The highest BCUT2D eigenvalue weighted by atomic mass is 32.2. The van der Waals surface area contributed by atoms with E-state index >= 15 is 0 Å². The SMILES string of the molecule is CCCNC(=O)CCCC(=O)Nc1ccc2c(c1)C(O)(C1(C)SCCCS1)c1ccccc1S2. The van der Waals surface area contributed by atoms with Crippen molar-refractivity contribution in [2.24, 2.45) is 0 Å². The summed E-state index contributed by atoms with van der Waals surface area (Å²) in [6, 6.07) is 13.9. The lowest BCUT2D eigenvalue weighted by Crippen LogP contribution is -2.49. The molecule has 3 N–H and O–H groups in total. The third-order valence-corrected chi connectivity index (χ3v) is 10.8. The fraction of sp³-hybridized carbons (Fsp3) is 0.462. The third-order valence-electron chi connectivity index (χ3n) is 6.23. The van der Waals surface area contributed by atoms with Crippen LogP contribution in [0.5, 0.6) is 0 Å². The number of hydrogen-bond acceptors (Lipinski definition) is 6. The van der Waals surface area contributed by atoms with Gasteiger partial charge in [0.2, 0.25) is 11.8 Å². The van der Waals surface area contributed by atoms with Gasteiger partial charge in [0.15, 0.2) is 0 Å². The Morgan fingerprint density at radius 3 is 2.47 bits per heavy atom. The first-order valence-corrected chi connectivity index (χ1v) is 14.6. The molecule has 5 nitrogen and oxygen atoms in total. The van der Waals surface area contributed by atoms with Gasteiger partial charge in [-0.2, -0.15) is 0 Å². The van der Waals surface area contributed by atoms with E-state index in [9.17, 15) is 14.7 Å². The van der Waals surface area contributed by atoms with Crippen molar-refractivity contribution >= 4 is 52.8 Å². The van der Waals surface area contributed by atoms with Crippen LogP contribution in [-0.4, -0.2) is 39.1 Å². The van der Waals surface area contributed by atoms with Crippen molar-refractivity contribution in [3.05, 3.63) is 53.6 Å². The topological polar surface area (TPSA) is 78.4 Å². The molecule has 1 saturated heterocycles. The summed E-state index contributed by atoms with van der Waals surface area (Å²) < 4.78 is -0.439. The largest absolute Gasteiger partial charge is 0.378 e. The maximum atomic E-state index is 12.6. The van der Waals surface area contributed by atoms with Crippen molar-refractivity contribution in [1.29, 1.82) is 0 Å². The maximum Gasteiger partial charge on any atom is 0.224 e. The number of carbonyl (C=O) groups excluding carboxylic acids is 2. The molecule has 34 heavy (non-hydrogen) atoms. The molecule has 4 rings (SSSR count). The number of hydrogen-bond donors (Lipinski definition) is 3. The lowest BCUT2D eigenvalue weighted by molar-refractivity contribution is -0.121. The van der Waals surface area contributed by atoms with Gasteiger partial charge in [-0.1, -0.05) is 36.9 Å². The van der Waals surface area contributed by atoms with E-state index in [1.165, 1.54) is 0 Å². The van der Waals surface area contributed by atoms with Crippen molar-refractivity contribution in [3.63, 3.8) is 0 Å². The monoisotopic (exact) mass is 516 g/mol. The van der Waals surface area contributed by atoms with Crippen LogP contribution in [0.3, 0.4) is 0 Å². The molecule has 2 aromatic rings. The van der Waals surface area contributed by atoms with Gasteiger partial charge < -0.3 is 15.7 Å². The van der Waals surface area contributed by atoms with Crippen LogP contribution in [0.1, 0.15) is 57.1 Å². The van der Waals surface area contributed by atoms with Crippen LogP contribution < -0.4 is 10.6 Å². The molecule has 0 bridgehead atoms. The van der Waals surface area contributed by atoms with E-state index in [-0.39, 0.29) is 18.2 Å². The minimum atomic E-state index is -1.18. The first kappa shape index (κ1) is 25.5. The number of thioether (sulfide) groups is 2. The second kappa shape index (κ2) is 11.0. The average molecular weight is 517 g/mol. The Balaban J connectivity index is 1.56. The van der Waals surface area contributed by atoms with Crippen LogP contribution >= 0.6 is 35.3 Å².